The summed E-state index contributed by atoms with van der Waals surface area (Å²) in [6.45, 7) is 1.87. The molecule has 0 bridgehead atoms. The van der Waals surface area contributed by atoms with Gasteiger partial charge in [-0.25, -0.2) is 12.8 Å². The van der Waals surface area contributed by atoms with Crippen LogP contribution in [0.25, 0.3) is 0 Å². The van der Waals surface area contributed by atoms with Crippen LogP contribution in [0.5, 0.6) is 0 Å². The molecule has 5 nitrogen and oxygen atoms in total. The minimum Gasteiger partial charge on any atom is -0.354 e. The van der Waals surface area contributed by atoms with Crippen molar-refractivity contribution in [3.05, 3.63) is 89.7 Å². The van der Waals surface area contributed by atoms with Crippen molar-refractivity contribution in [3.8, 4) is 0 Å². The van der Waals surface area contributed by atoms with Gasteiger partial charge < -0.3 is 5.32 Å². The van der Waals surface area contributed by atoms with Crippen LogP contribution in [0.1, 0.15) is 11.1 Å². The van der Waals surface area contributed by atoms with Crippen molar-refractivity contribution in [2.75, 3.05) is 23.7 Å². The summed E-state index contributed by atoms with van der Waals surface area (Å²) in [5.74, 6) is -0.737. The quantitative estimate of drug-likeness (QED) is 0.469. The van der Waals surface area contributed by atoms with Crippen molar-refractivity contribution in [2.45, 2.75) is 23.1 Å². The lowest BCUT2D eigenvalue weighted by Crippen LogP contribution is -2.41. The average Bonchev–Trinajstić information content (AvgIpc) is 2.79. The molecule has 0 aliphatic carbocycles. The molecule has 0 saturated carbocycles. The fraction of sp³-hybridized carbons (Fsp3) is 0.208. The zero-order valence-electron chi connectivity index (χ0n) is 17.9. The molecule has 168 valence electrons. The molecule has 0 unspecified atom stereocenters. The molecular weight excluding hydrogens is 447 g/mol. The third kappa shape index (κ3) is 6.11. The monoisotopic (exact) mass is 472 g/mol. The summed E-state index contributed by atoms with van der Waals surface area (Å²) in [6.07, 6.45) is 2.43. The van der Waals surface area contributed by atoms with E-state index >= 15 is 0 Å². The summed E-state index contributed by atoms with van der Waals surface area (Å²) in [7, 11) is -3.95. The number of anilines is 1. The first-order chi connectivity index (χ1) is 15.3. The highest BCUT2D eigenvalue weighted by molar-refractivity contribution is 7.98. The summed E-state index contributed by atoms with van der Waals surface area (Å²) in [5, 5.41) is 2.76. The Morgan fingerprint density at radius 3 is 2.19 bits per heavy atom. The van der Waals surface area contributed by atoms with Gasteiger partial charge in [0, 0.05) is 11.4 Å². The molecule has 0 radical (unpaired) electrons. The number of hydrogen-bond acceptors (Lipinski definition) is 4. The predicted molar refractivity (Wildman–Crippen MR) is 127 cm³/mol. The first-order valence-electron chi connectivity index (χ1n) is 10.0. The highest BCUT2D eigenvalue weighted by Gasteiger charge is 2.27. The number of benzene rings is 3. The van der Waals surface area contributed by atoms with Crippen LogP contribution < -0.4 is 9.62 Å². The minimum atomic E-state index is -3.95. The maximum atomic E-state index is 13.4. The van der Waals surface area contributed by atoms with Gasteiger partial charge in [-0.05, 0) is 73.7 Å². The molecule has 1 amide bonds. The van der Waals surface area contributed by atoms with Crippen LogP contribution in [0, 0.1) is 12.7 Å². The third-order valence-corrected chi connectivity index (χ3v) is 7.44. The van der Waals surface area contributed by atoms with Crippen LogP contribution in [0.15, 0.2) is 82.6 Å². The first kappa shape index (κ1) is 23.8. The highest BCUT2D eigenvalue weighted by atomic mass is 32.2. The number of carbonyl (C=O) groups is 1. The number of rotatable bonds is 9. The van der Waals surface area contributed by atoms with E-state index in [1.165, 1.54) is 23.9 Å². The van der Waals surface area contributed by atoms with Gasteiger partial charge in [0.25, 0.3) is 10.0 Å². The molecule has 3 rings (SSSR count). The molecule has 0 saturated heterocycles. The molecule has 8 heteroatoms. The number of halogens is 1. The van der Waals surface area contributed by atoms with Gasteiger partial charge in [-0.3, -0.25) is 9.10 Å². The number of amides is 1. The van der Waals surface area contributed by atoms with Crippen molar-refractivity contribution in [3.63, 3.8) is 0 Å². The van der Waals surface area contributed by atoms with Gasteiger partial charge in [0.2, 0.25) is 5.91 Å². The zero-order valence-corrected chi connectivity index (χ0v) is 19.5. The van der Waals surface area contributed by atoms with Gasteiger partial charge in [-0.15, -0.1) is 11.8 Å². The number of sulfonamides is 1. The van der Waals surface area contributed by atoms with E-state index in [-0.39, 0.29) is 17.3 Å². The van der Waals surface area contributed by atoms with Crippen LogP contribution in [-0.4, -0.2) is 33.7 Å². The van der Waals surface area contributed by atoms with Crippen LogP contribution in [0.2, 0.25) is 0 Å². The minimum absolute atomic E-state index is 0.120. The second kappa shape index (κ2) is 10.7. The van der Waals surface area contributed by atoms with Crippen LogP contribution >= 0.6 is 11.8 Å². The Bertz CT molecular complexity index is 1150. The van der Waals surface area contributed by atoms with Crippen LogP contribution in [-0.2, 0) is 21.2 Å². The van der Waals surface area contributed by atoms with Gasteiger partial charge in [0.15, 0.2) is 0 Å². The van der Waals surface area contributed by atoms with Gasteiger partial charge in [0.1, 0.15) is 12.4 Å². The van der Waals surface area contributed by atoms with Crippen molar-refractivity contribution in [1.82, 2.24) is 5.32 Å². The average molecular weight is 473 g/mol. The van der Waals surface area contributed by atoms with Crippen molar-refractivity contribution in [2.24, 2.45) is 0 Å². The van der Waals surface area contributed by atoms with Crippen molar-refractivity contribution < 1.29 is 17.6 Å². The third-order valence-electron chi connectivity index (χ3n) is 4.91. The van der Waals surface area contributed by atoms with Gasteiger partial charge in [-0.2, -0.15) is 0 Å². The number of aryl methyl sites for hydroxylation is 1. The van der Waals surface area contributed by atoms with E-state index in [9.17, 15) is 17.6 Å². The van der Waals surface area contributed by atoms with Gasteiger partial charge in [0.05, 0.1) is 10.6 Å². The van der Waals surface area contributed by atoms with E-state index in [4.69, 9.17) is 0 Å². The van der Waals surface area contributed by atoms with Crippen molar-refractivity contribution >= 4 is 33.4 Å². The fourth-order valence-corrected chi connectivity index (χ4v) is 4.91. The summed E-state index contributed by atoms with van der Waals surface area (Å²) in [4.78, 5) is 13.7. The maximum absolute atomic E-state index is 13.4. The van der Waals surface area contributed by atoms with Gasteiger partial charge in [-0.1, -0.05) is 29.8 Å². The summed E-state index contributed by atoms with van der Waals surface area (Å²) >= 11 is 1.52. The Labute approximate surface area is 192 Å². The van der Waals surface area contributed by atoms with E-state index in [2.05, 4.69) is 5.32 Å². The second-order valence-electron chi connectivity index (χ2n) is 7.25. The first-order valence-corrected chi connectivity index (χ1v) is 12.7. The standard InChI is InChI=1S/C24H25FN2O3S2/c1-18-3-9-21(10-4-18)27(32(29,30)23-13-11-22(31-2)12-14-23)17-24(28)26-16-15-19-5-7-20(25)8-6-19/h3-14H,15-17H2,1-2H3,(H,26,28). The predicted octanol–water partition coefficient (Wildman–Crippen LogP) is 4.41. The van der Waals surface area contributed by atoms with E-state index in [0.717, 1.165) is 20.3 Å². The maximum Gasteiger partial charge on any atom is 0.264 e. The number of nitrogens with zero attached hydrogens (tertiary/aromatic N) is 1. The Hall–Kier alpha value is -2.84. The second-order valence-corrected chi connectivity index (χ2v) is 9.99. The number of carbonyl (C=O) groups excluding carboxylic acids is 1. The smallest absolute Gasteiger partial charge is 0.264 e. The molecule has 3 aromatic rings. The molecule has 0 fully saturated rings. The lowest BCUT2D eigenvalue weighted by Gasteiger charge is -2.24. The van der Waals surface area contributed by atoms with Crippen LogP contribution in [0.3, 0.4) is 0 Å². The van der Waals surface area contributed by atoms with E-state index in [0.29, 0.717) is 18.7 Å². The summed E-state index contributed by atoms with van der Waals surface area (Å²) < 4.78 is 40.9. The SMILES string of the molecule is CSc1ccc(S(=O)(=O)N(CC(=O)NCCc2ccc(F)cc2)c2ccc(C)cc2)cc1. The summed E-state index contributed by atoms with van der Waals surface area (Å²) in [6, 6.07) is 19.6. The molecule has 0 atom stereocenters. The van der Waals surface area contributed by atoms with E-state index in [1.54, 1.807) is 60.7 Å². The molecule has 0 aromatic heterocycles. The Morgan fingerprint density at radius 1 is 0.969 bits per heavy atom. The molecule has 0 spiro atoms. The Kier molecular flexibility index (Phi) is 7.93. The topological polar surface area (TPSA) is 66.5 Å². The van der Waals surface area contributed by atoms with E-state index < -0.39 is 15.9 Å². The fourth-order valence-electron chi connectivity index (χ4n) is 3.08. The van der Waals surface area contributed by atoms with E-state index in [1.807, 2.05) is 13.2 Å². The highest BCUT2D eigenvalue weighted by Crippen LogP contribution is 2.25. The number of thioether (sulfide) groups is 1. The lowest BCUT2D eigenvalue weighted by molar-refractivity contribution is -0.119. The molecule has 0 aliphatic heterocycles. The van der Waals surface area contributed by atoms with Gasteiger partial charge >= 0.3 is 0 Å². The molecule has 0 aliphatic rings. The molecule has 0 heterocycles. The number of nitrogens with one attached hydrogen (secondary N) is 1. The number of hydrogen-bond donors (Lipinski definition) is 1. The largest absolute Gasteiger partial charge is 0.354 e. The normalized spacial score (nSPS) is 11.2. The Morgan fingerprint density at radius 2 is 1.59 bits per heavy atom. The van der Waals surface area contributed by atoms with Crippen LogP contribution in [0.4, 0.5) is 10.1 Å². The molecule has 1 N–H and O–H groups in total. The lowest BCUT2D eigenvalue weighted by atomic mass is 10.1. The Balaban J connectivity index is 1.77. The molecule has 3 aromatic carbocycles. The summed E-state index contributed by atoms with van der Waals surface area (Å²) in [5.41, 5.74) is 2.28. The zero-order chi connectivity index (χ0) is 23.1. The molecule has 32 heavy (non-hydrogen) atoms. The molecular formula is C24H25FN2O3S2. The van der Waals surface area contributed by atoms with Crippen molar-refractivity contribution in [1.29, 1.82) is 0 Å².